The molecule has 8 nitrogen and oxygen atoms in total. The number of amides is 3. The third-order valence-electron chi connectivity index (χ3n) is 8.66. The molecule has 0 aliphatic carbocycles. The van der Waals surface area contributed by atoms with E-state index in [2.05, 4.69) is 16.0 Å². The van der Waals surface area contributed by atoms with Gasteiger partial charge in [-0.1, -0.05) is 85.3 Å². The Morgan fingerprint density at radius 2 is 1.50 bits per heavy atom. The highest BCUT2D eigenvalue weighted by molar-refractivity contribution is 6.30. The van der Waals surface area contributed by atoms with Gasteiger partial charge in [-0.3, -0.25) is 14.9 Å². The van der Waals surface area contributed by atoms with E-state index in [9.17, 15) is 18.8 Å². The quantitative estimate of drug-likeness (QED) is 0.117. The Morgan fingerprint density at radius 1 is 0.778 bits per heavy atom. The molecule has 0 radical (unpaired) electrons. The smallest absolute Gasteiger partial charge is 0.408 e. The van der Waals surface area contributed by atoms with Crippen LogP contribution < -0.4 is 20.7 Å². The van der Waals surface area contributed by atoms with Gasteiger partial charge in [0.2, 0.25) is 5.91 Å². The number of hydrogen-bond donors (Lipinski definition) is 3. The van der Waals surface area contributed by atoms with Crippen LogP contribution in [0.1, 0.15) is 69.4 Å². The van der Waals surface area contributed by atoms with Crippen molar-refractivity contribution in [1.82, 2.24) is 16.0 Å². The zero-order valence-electron chi connectivity index (χ0n) is 31.3. The number of hydrogen-bond acceptors (Lipinski definition) is 6. The molecular formula is C44H45ClFN3O5. The summed E-state index contributed by atoms with van der Waals surface area (Å²) < 4.78 is 26.2. The fraction of sp³-hybridized carbons (Fsp3) is 0.250. The Kier molecular flexibility index (Phi) is 12.6. The highest BCUT2D eigenvalue weighted by atomic mass is 35.5. The number of ether oxygens (including phenoxy) is 2. The normalized spacial score (nSPS) is 12.1. The molecule has 1 unspecified atom stereocenters. The van der Waals surface area contributed by atoms with Gasteiger partial charge in [-0.2, -0.15) is 0 Å². The maximum Gasteiger partial charge on any atom is 0.408 e. The standard InChI is InChI=1S/C44H45ClFN3O5/c1-7-38(47-27-30-16-11-12-19-37(30)46)41(51)48-40(50)35-22-20-29(28-14-9-8-10-15-28)24-36(35)34-23-21-32(45)26-39(34)53-33-18-13-17-31(25-33)44(5,6)49-42(52)54-43(2,3)4/h8-26,38,47H,7,27H2,1-6H3,(H,49,52)(H,48,50,51). The van der Waals surface area contributed by atoms with E-state index < -0.39 is 35.1 Å². The first kappa shape index (κ1) is 39.7. The van der Waals surface area contributed by atoms with Gasteiger partial charge in [-0.05, 0) is 106 Å². The molecule has 0 saturated carbocycles. The number of alkyl carbamates (subject to hydrolysis) is 1. The molecule has 5 rings (SSSR count). The molecule has 0 spiro atoms. The summed E-state index contributed by atoms with van der Waals surface area (Å²) in [5.41, 5.74) is 2.74. The van der Waals surface area contributed by atoms with Crippen LogP contribution in [0.3, 0.4) is 0 Å². The van der Waals surface area contributed by atoms with E-state index in [0.717, 1.165) is 16.7 Å². The van der Waals surface area contributed by atoms with Crippen molar-refractivity contribution in [1.29, 1.82) is 0 Å². The molecule has 0 heterocycles. The van der Waals surface area contributed by atoms with E-state index in [4.69, 9.17) is 21.1 Å². The minimum Gasteiger partial charge on any atom is -0.457 e. The Hall–Kier alpha value is -5.51. The lowest BCUT2D eigenvalue weighted by atomic mass is 9.93. The van der Waals surface area contributed by atoms with Gasteiger partial charge in [0.05, 0.1) is 11.6 Å². The van der Waals surface area contributed by atoms with E-state index in [1.165, 1.54) is 6.07 Å². The lowest BCUT2D eigenvalue weighted by Crippen LogP contribution is -2.45. The van der Waals surface area contributed by atoms with Crippen molar-refractivity contribution in [3.05, 3.63) is 143 Å². The zero-order valence-corrected chi connectivity index (χ0v) is 32.0. The summed E-state index contributed by atoms with van der Waals surface area (Å²) in [5.74, 6) is -0.709. The van der Waals surface area contributed by atoms with Crippen LogP contribution in [0, 0.1) is 5.82 Å². The summed E-state index contributed by atoms with van der Waals surface area (Å²) in [5, 5.41) is 8.95. The number of rotatable bonds is 12. The Bertz CT molecular complexity index is 2130. The van der Waals surface area contributed by atoms with Crippen LogP contribution in [-0.4, -0.2) is 29.6 Å². The number of halogens is 2. The summed E-state index contributed by atoms with van der Waals surface area (Å²) in [6.07, 6.45) is -0.184. The first-order valence-corrected chi connectivity index (χ1v) is 18.1. The van der Waals surface area contributed by atoms with Crippen LogP contribution in [0.2, 0.25) is 5.02 Å². The lowest BCUT2D eigenvalue weighted by Gasteiger charge is -2.29. The van der Waals surface area contributed by atoms with Gasteiger partial charge in [0, 0.05) is 34.3 Å². The van der Waals surface area contributed by atoms with E-state index in [0.29, 0.717) is 39.6 Å². The van der Waals surface area contributed by atoms with Gasteiger partial charge >= 0.3 is 6.09 Å². The Morgan fingerprint density at radius 3 is 2.20 bits per heavy atom. The molecule has 0 fully saturated rings. The second kappa shape index (κ2) is 17.1. The predicted octanol–water partition coefficient (Wildman–Crippen LogP) is 10.2. The predicted molar refractivity (Wildman–Crippen MR) is 211 cm³/mol. The lowest BCUT2D eigenvalue weighted by molar-refractivity contribution is -0.122. The van der Waals surface area contributed by atoms with Crippen LogP contribution >= 0.6 is 11.6 Å². The Labute approximate surface area is 321 Å². The van der Waals surface area contributed by atoms with Crippen molar-refractivity contribution in [3.8, 4) is 33.8 Å². The fourth-order valence-electron chi connectivity index (χ4n) is 5.85. The van der Waals surface area contributed by atoms with Crippen LogP contribution in [0.4, 0.5) is 9.18 Å². The first-order valence-electron chi connectivity index (χ1n) is 17.7. The van der Waals surface area contributed by atoms with Gasteiger partial charge in [0.25, 0.3) is 5.91 Å². The minimum atomic E-state index is -0.818. The minimum absolute atomic E-state index is 0.116. The van der Waals surface area contributed by atoms with E-state index >= 15 is 0 Å². The van der Waals surface area contributed by atoms with E-state index in [1.54, 1.807) is 69.3 Å². The summed E-state index contributed by atoms with van der Waals surface area (Å²) >= 11 is 6.52. The van der Waals surface area contributed by atoms with Gasteiger partial charge in [0.15, 0.2) is 0 Å². The molecule has 10 heteroatoms. The Balaban J connectivity index is 1.48. The van der Waals surface area contributed by atoms with Gasteiger partial charge in [0.1, 0.15) is 22.9 Å². The van der Waals surface area contributed by atoms with Crippen LogP contribution in [0.5, 0.6) is 11.5 Å². The van der Waals surface area contributed by atoms with Crippen molar-refractivity contribution >= 4 is 29.5 Å². The molecule has 1 atom stereocenters. The number of carbonyl (C=O) groups excluding carboxylic acids is 3. The monoisotopic (exact) mass is 749 g/mol. The van der Waals surface area contributed by atoms with Gasteiger partial charge in [-0.15, -0.1) is 0 Å². The van der Waals surface area contributed by atoms with Crippen molar-refractivity contribution in [2.75, 3.05) is 0 Å². The van der Waals surface area contributed by atoms with Crippen LogP contribution in [0.25, 0.3) is 22.3 Å². The highest BCUT2D eigenvalue weighted by Crippen LogP contribution is 2.40. The van der Waals surface area contributed by atoms with Gasteiger partial charge < -0.3 is 20.1 Å². The molecule has 5 aromatic rings. The molecule has 280 valence electrons. The second-order valence-electron chi connectivity index (χ2n) is 14.4. The number of imide groups is 1. The second-order valence-corrected chi connectivity index (χ2v) is 14.8. The molecular weight excluding hydrogens is 705 g/mol. The molecule has 0 aromatic heterocycles. The van der Waals surface area contributed by atoms with Crippen molar-refractivity contribution in [3.63, 3.8) is 0 Å². The van der Waals surface area contributed by atoms with Crippen LogP contribution in [-0.2, 0) is 21.6 Å². The van der Waals surface area contributed by atoms with E-state index in [-0.39, 0.29) is 17.9 Å². The molecule has 5 aromatic carbocycles. The molecule has 3 amide bonds. The maximum atomic E-state index is 14.3. The topological polar surface area (TPSA) is 106 Å². The average molecular weight is 750 g/mol. The van der Waals surface area contributed by atoms with Crippen LogP contribution in [0.15, 0.2) is 115 Å². The number of nitrogens with one attached hydrogen (secondary N) is 3. The molecule has 0 aliphatic heterocycles. The van der Waals surface area contributed by atoms with Crippen molar-refractivity contribution in [2.45, 2.75) is 71.7 Å². The molecule has 0 saturated heterocycles. The summed E-state index contributed by atoms with van der Waals surface area (Å²) in [4.78, 5) is 40.1. The number of benzene rings is 5. The van der Waals surface area contributed by atoms with Gasteiger partial charge in [-0.25, -0.2) is 9.18 Å². The third-order valence-corrected chi connectivity index (χ3v) is 8.90. The average Bonchev–Trinajstić information content (AvgIpc) is 3.12. The highest BCUT2D eigenvalue weighted by Gasteiger charge is 2.27. The molecule has 0 aliphatic rings. The largest absolute Gasteiger partial charge is 0.457 e. The number of carbonyl (C=O) groups is 3. The van der Waals surface area contributed by atoms with E-state index in [1.807, 2.05) is 81.4 Å². The fourth-order valence-corrected chi connectivity index (χ4v) is 6.01. The van der Waals surface area contributed by atoms with Crippen molar-refractivity contribution in [2.24, 2.45) is 0 Å². The maximum absolute atomic E-state index is 14.3. The molecule has 3 N–H and O–H groups in total. The SMILES string of the molecule is CCC(NCc1ccccc1F)C(=O)NC(=O)c1ccc(-c2ccccc2)cc1-c1ccc(Cl)cc1Oc1cccc(C(C)(C)NC(=O)OC(C)(C)C)c1. The first-order chi connectivity index (χ1) is 25.6. The molecule has 54 heavy (non-hydrogen) atoms. The summed E-state index contributed by atoms with van der Waals surface area (Å²) in [6.45, 7) is 11.0. The summed E-state index contributed by atoms with van der Waals surface area (Å²) in [6, 6.07) is 33.1. The van der Waals surface area contributed by atoms with Crippen molar-refractivity contribution < 1.29 is 28.2 Å². The third kappa shape index (κ3) is 10.3. The summed E-state index contributed by atoms with van der Waals surface area (Å²) in [7, 11) is 0. The molecule has 0 bridgehead atoms. The zero-order chi connectivity index (χ0) is 39.0.